The lowest BCUT2D eigenvalue weighted by molar-refractivity contribution is -0.137. The normalized spacial score (nSPS) is 8.85. The molecular weight excluding hydrogens is 172 g/mol. The molecule has 0 bridgehead atoms. The largest absolute Gasteiger partial charge is 0.463 e. The van der Waals surface area contributed by atoms with Gasteiger partial charge in [0.2, 0.25) is 0 Å². The first kappa shape index (κ1) is 11.6. The molecule has 72 valence electrons. The fourth-order valence-corrected chi connectivity index (χ4v) is 0.753. The molecule has 4 nitrogen and oxygen atoms in total. The molecular formula is C9H12O4. The highest BCUT2D eigenvalue weighted by molar-refractivity contribution is 6.20. The predicted molar refractivity (Wildman–Crippen MR) is 46.1 cm³/mol. The summed E-state index contributed by atoms with van der Waals surface area (Å²) >= 11 is 0. The first-order valence-electron chi connectivity index (χ1n) is 3.89. The zero-order valence-corrected chi connectivity index (χ0v) is 7.92. The van der Waals surface area contributed by atoms with Gasteiger partial charge in [-0.1, -0.05) is 0 Å². The number of ether oxygens (including phenoxy) is 1. The summed E-state index contributed by atoms with van der Waals surface area (Å²) in [5, 5.41) is 0. The Morgan fingerprint density at radius 3 is 1.92 bits per heavy atom. The second-order valence-corrected chi connectivity index (χ2v) is 2.42. The number of hydrogen-bond acceptors (Lipinski definition) is 4. The van der Waals surface area contributed by atoms with Gasteiger partial charge in [0.1, 0.15) is 0 Å². The number of carbonyl (C=O) groups excluding carboxylic acids is 3. The van der Waals surface area contributed by atoms with Crippen LogP contribution < -0.4 is 0 Å². The quantitative estimate of drug-likeness (QED) is 0.278. The average Bonchev–Trinajstić information content (AvgIpc) is 1.99. The van der Waals surface area contributed by atoms with E-state index in [-0.39, 0.29) is 12.2 Å². The van der Waals surface area contributed by atoms with Crippen LogP contribution in [0, 0.1) is 0 Å². The Morgan fingerprint density at radius 1 is 1.15 bits per heavy atom. The monoisotopic (exact) mass is 184 g/mol. The second kappa shape index (κ2) is 5.24. The zero-order chi connectivity index (χ0) is 10.4. The highest BCUT2D eigenvalue weighted by Crippen LogP contribution is 1.98. The molecule has 4 heteroatoms. The first-order valence-corrected chi connectivity index (χ1v) is 3.89. The van der Waals surface area contributed by atoms with Crippen LogP contribution in [0.3, 0.4) is 0 Å². The van der Waals surface area contributed by atoms with E-state index in [0.717, 1.165) is 6.08 Å². The molecule has 0 aliphatic rings. The minimum Gasteiger partial charge on any atom is -0.463 e. The maximum atomic E-state index is 10.9. The Balaban J connectivity index is 4.64. The Hall–Kier alpha value is -1.45. The van der Waals surface area contributed by atoms with Crippen LogP contribution in [0.15, 0.2) is 11.6 Å². The summed E-state index contributed by atoms with van der Waals surface area (Å²) in [4.78, 5) is 32.5. The number of hydrogen-bond donors (Lipinski definition) is 0. The van der Waals surface area contributed by atoms with Crippen molar-refractivity contribution < 1.29 is 19.1 Å². The van der Waals surface area contributed by atoms with Gasteiger partial charge in [-0.3, -0.25) is 9.59 Å². The molecule has 0 saturated heterocycles. The number of esters is 1. The summed E-state index contributed by atoms with van der Waals surface area (Å²) in [6.07, 6.45) is 0.925. The molecule has 13 heavy (non-hydrogen) atoms. The summed E-state index contributed by atoms with van der Waals surface area (Å²) in [5.74, 6) is -1.52. The molecule has 0 aromatic heterocycles. The van der Waals surface area contributed by atoms with Crippen molar-refractivity contribution in [3.63, 3.8) is 0 Å². The van der Waals surface area contributed by atoms with Crippen LogP contribution in [0.25, 0.3) is 0 Å². The topological polar surface area (TPSA) is 60.4 Å². The summed E-state index contributed by atoms with van der Waals surface area (Å²) < 4.78 is 4.55. The fourth-order valence-electron chi connectivity index (χ4n) is 0.753. The number of allylic oxidation sites excluding steroid dienone is 1. The van der Waals surface area contributed by atoms with Crippen molar-refractivity contribution in [3.05, 3.63) is 11.6 Å². The van der Waals surface area contributed by atoms with Crippen LogP contribution in [0.4, 0.5) is 0 Å². The fraction of sp³-hybridized carbons (Fsp3) is 0.444. The van der Waals surface area contributed by atoms with Gasteiger partial charge in [0.05, 0.1) is 12.2 Å². The molecule has 0 aromatic rings. The van der Waals surface area contributed by atoms with E-state index in [1.54, 1.807) is 6.92 Å². The van der Waals surface area contributed by atoms with Crippen LogP contribution in [-0.4, -0.2) is 24.1 Å². The standard InChI is InChI=1S/C9H12O4/c1-4-13-9(12)5-8(6(2)10)7(3)11/h5H,4H2,1-3H3. The van der Waals surface area contributed by atoms with Gasteiger partial charge in [0.25, 0.3) is 0 Å². The third kappa shape index (κ3) is 4.20. The van der Waals surface area contributed by atoms with Crippen LogP contribution in [0.2, 0.25) is 0 Å². The minimum atomic E-state index is -0.664. The Bertz CT molecular complexity index is 247. The average molecular weight is 184 g/mol. The van der Waals surface area contributed by atoms with E-state index in [1.807, 2.05) is 0 Å². The van der Waals surface area contributed by atoms with Crippen molar-refractivity contribution >= 4 is 17.5 Å². The molecule has 0 atom stereocenters. The van der Waals surface area contributed by atoms with Crippen LogP contribution in [-0.2, 0) is 19.1 Å². The lowest BCUT2D eigenvalue weighted by Gasteiger charge is -1.98. The van der Waals surface area contributed by atoms with E-state index in [9.17, 15) is 14.4 Å². The Kier molecular flexibility index (Phi) is 4.66. The van der Waals surface area contributed by atoms with Gasteiger partial charge in [-0.2, -0.15) is 0 Å². The maximum Gasteiger partial charge on any atom is 0.331 e. The molecule has 0 heterocycles. The molecule has 0 radical (unpaired) electrons. The predicted octanol–water partition coefficient (Wildman–Crippen LogP) is 0.654. The number of carbonyl (C=O) groups is 3. The summed E-state index contributed by atoms with van der Waals surface area (Å²) in [7, 11) is 0. The van der Waals surface area contributed by atoms with Crippen molar-refractivity contribution in [2.45, 2.75) is 20.8 Å². The van der Waals surface area contributed by atoms with Crippen LogP contribution >= 0.6 is 0 Å². The van der Waals surface area contributed by atoms with Crippen LogP contribution in [0.1, 0.15) is 20.8 Å². The molecule has 0 rings (SSSR count). The molecule has 0 aliphatic heterocycles. The molecule has 0 spiro atoms. The van der Waals surface area contributed by atoms with Gasteiger partial charge in [-0.15, -0.1) is 0 Å². The van der Waals surface area contributed by atoms with E-state index < -0.39 is 17.5 Å². The van der Waals surface area contributed by atoms with Gasteiger partial charge in [0.15, 0.2) is 11.6 Å². The SMILES string of the molecule is CCOC(=O)C=C(C(C)=O)C(C)=O. The molecule has 0 fully saturated rings. The van der Waals surface area contributed by atoms with Gasteiger partial charge >= 0.3 is 5.97 Å². The minimum absolute atomic E-state index is 0.126. The summed E-state index contributed by atoms with van der Waals surface area (Å²) in [5.41, 5.74) is -0.126. The van der Waals surface area contributed by atoms with Crippen molar-refractivity contribution in [3.8, 4) is 0 Å². The maximum absolute atomic E-state index is 10.9. The molecule has 0 aliphatic carbocycles. The summed E-state index contributed by atoms with van der Waals surface area (Å²) in [6.45, 7) is 4.32. The lowest BCUT2D eigenvalue weighted by atomic mass is 10.1. The van der Waals surface area contributed by atoms with Gasteiger partial charge < -0.3 is 4.74 Å². The van der Waals surface area contributed by atoms with Crippen molar-refractivity contribution in [1.29, 1.82) is 0 Å². The van der Waals surface area contributed by atoms with Gasteiger partial charge in [-0.05, 0) is 20.8 Å². The lowest BCUT2D eigenvalue weighted by Crippen LogP contribution is -2.10. The number of ketones is 2. The number of Topliss-reactive ketones (excluding diaryl/α,β-unsaturated/α-hetero) is 2. The van der Waals surface area contributed by atoms with E-state index in [2.05, 4.69) is 4.74 Å². The highest BCUT2D eigenvalue weighted by atomic mass is 16.5. The van der Waals surface area contributed by atoms with Crippen LogP contribution in [0.5, 0.6) is 0 Å². The van der Waals surface area contributed by atoms with Crippen molar-refractivity contribution in [2.75, 3.05) is 6.61 Å². The first-order chi connectivity index (χ1) is 5.99. The smallest absolute Gasteiger partial charge is 0.331 e. The third-order valence-electron chi connectivity index (χ3n) is 1.31. The van der Waals surface area contributed by atoms with E-state index in [1.165, 1.54) is 13.8 Å². The Morgan fingerprint density at radius 2 is 1.62 bits per heavy atom. The van der Waals surface area contributed by atoms with E-state index >= 15 is 0 Å². The van der Waals surface area contributed by atoms with Gasteiger partial charge in [-0.25, -0.2) is 4.79 Å². The van der Waals surface area contributed by atoms with Gasteiger partial charge in [0, 0.05) is 6.08 Å². The zero-order valence-electron chi connectivity index (χ0n) is 7.92. The number of rotatable bonds is 4. The molecule has 0 unspecified atom stereocenters. The highest BCUT2D eigenvalue weighted by Gasteiger charge is 2.11. The van der Waals surface area contributed by atoms with Crippen molar-refractivity contribution in [2.24, 2.45) is 0 Å². The molecule has 0 N–H and O–H groups in total. The molecule has 0 saturated carbocycles. The third-order valence-corrected chi connectivity index (χ3v) is 1.31. The summed E-state index contributed by atoms with van der Waals surface area (Å²) in [6, 6.07) is 0. The molecule has 0 aromatic carbocycles. The second-order valence-electron chi connectivity index (χ2n) is 2.42. The Labute approximate surface area is 76.6 Å². The van der Waals surface area contributed by atoms with E-state index in [4.69, 9.17) is 0 Å². The molecule has 0 amide bonds. The van der Waals surface area contributed by atoms with E-state index in [0.29, 0.717) is 0 Å². The van der Waals surface area contributed by atoms with Crippen molar-refractivity contribution in [1.82, 2.24) is 0 Å².